The molecule has 31 heavy (non-hydrogen) atoms. The smallest absolute Gasteiger partial charge is 0.312 e. The average molecular weight is 460 g/mol. The number of thiazole rings is 1. The minimum absolute atomic E-state index is 0.00519. The van der Waals surface area contributed by atoms with E-state index in [9.17, 15) is 9.18 Å². The molecule has 2 aromatic carbocycles. The molecule has 0 amide bonds. The molecule has 0 aliphatic carbocycles. The number of rotatable bonds is 8. The highest BCUT2D eigenvalue weighted by Crippen LogP contribution is 2.21. The number of halogens is 2. The minimum Gasteiger partial charge on any atom is -0.486 e. The lowest BCUT2D eigenvalue weighted by Crippen LogP contribution is -2.08. The van der Waals surface area contributed by atoms with Gasteiger partial charge in [-0.05, 0) is 48.5 Å². The molecule has 4 rings (SSSR count). The first-order valence-electron chi connectivity index (χ1n) is 9.11. The molecule has 0 spiro atoms. The van der Waals surface area contributed by atoms with Crippen LogP contribution in [0.1, 0.15) is 16.6 Å². The Kier molecular flexibility index (Phi) is 6.54. The predicted molar refractivity (Wildman–Crippen MR) is 111 cm³/mol. The van der Waals surface area contributed by atoms with Gasteiger partial charge in [0.1, 0.15) is 23.2 Å². The zero-order valence-corrected chi connectivity index (χ0v) is 17.5. The Balaban J connectivity index is 1.25. The van der Waals surface area contributed by atoms with Gasteiger partial charge in [0.2, 0.25) is 5.89 Å². The number of hydrogen-bond donors (Lipinski definition) is 0. The molecule has 0 saturated carbocycles. The van der Waals surface area contributed by atoms with Crippen LogP contribution < -0.4 is 4.74 Å². The van der Waals surface area contributed by atoms with Gasteiger partial charge in [0.05, 0.1) is 12.1 Å². The summed E-state index contributed by atoms with van der Waals surface area (Å²) in [6, 6.07) is 12.7. The van der Waals surface area contributed by atoms with E-state index in [4.69, 9.17) is 25.5 Å². The Bertz CT molecular complexity index is 1160. The van der Waals surface area contributed by atoms with Crippen LogP contribution in [0.2, 0.25) is 5.02 Å². The SMILES string of the molecule is O=C(Cc1csc(COc2ccc(F)cc2)n1)OCc1nnc(-c2ccc(Cl)cc2)o1. The van der Waals surface area contributed by atoms with Crippen LogP contribution in [-0.2, 0) is 29.2 Å². The van der Waals surface area contributed by atoms with Gasteiger partial charge in [0.15, 0.2) is 6.61 Å². The molecule has 0 fully saturated rings. The maximum Gasteiger partial charge on any atom is 0.312 e. The van der Waals surface area contributed by atoms with Crippen LogP contribution >= 0.6 is 22.9 Å². The molecule has 0 atom stereocenters. The second-order valence-corrected chi connectivity index (χ2v) is 7.70. The summed E-state index contributed by atoms with van der Waals surface area (Å²) in [5.74, 6) is 0.236. The van der Waals surface area contributed by atoms with Crippen LogP contribution in [0.3, 0.4) is 0 Å². The van der Waals surface area contributed by atoms with Gasteiger partial charge in [-0.25, -0.2) is 9.37 Å². The molecule has 0 N–H and O–H groups in total. The molecule has 0 bridgehead atoms. The molecule has 2 aromatic heterocycles. The second kappa shape index (κ2) is 9.67. The average Bonchev–Trinajstić information content (AvgIpc) is 3.42. The number of aromatic nitrogens is 3. The summed E-state index contributed by atoms with van der Waals surface area (Å²) in [4.78, 5) is 16.4. The van der Waals surface area contributed by atoms with Crippen molar-refractivity contribution in [2.75, 3.05) is 0 Å². The highest BCUT2D eigenvalue weighted by molar-refractivity contribution is 7.09. The third-order valence-electron chi connectivity index (χ3n) is 4.02. The summed E-state index contributed by atoms with van der Waals surface area (Å²) in [7, 11) is 0. The van der Waals surface area contributed by atoms with Crippen LogP contribution in [0, 0.1) is 5.82 Å². The van der Waals surface area contributed by atoms with Gasteiger partial charge in [-0.3, -0.25) is 4.79 Å². The first-order valence-corrected chi connectivity index (χ1v) is 10.4. The summed E-state index contributed by atoms with van der Waals surface area (Å²) < 4.78 is 29.1. The van der Waals surface area contributed by atoms with Gasteiger partial charge in [0.25, 0.3) is 5.89 Å². The van der Waals surface area contributed by atoms with Gasteiger partial charge in [-0.15, -0.1) is 21.5 Å². The summed E-state index contributed by atoms with van der Waals surface area (Å²) in [6.45, 7) is 0.0882. The highest BCUT2D eigenvalue weighted by Gasteiger charge is 2.13. The van der Waals surface area contributed by atoms with Crippen molar-refractivity contribution in [2.45, 2.75) is 19.6 Å². The molecule has 10 heteroatoms. The fraction of sp³-hybridized carbons (Fsp3) is 0.143. The van der Waals surface area contributed by atoms with E-state index in [1.807, 2.05) is 0 Å². The third kappa shape index (κ3) is 5.87. The van der Waals surface area contributed by atoms with Crippen LogP contribution in [0.5, 0.6) is 5.75 Å². The number of nitrogens with zero attached hydrogens (tertiary/aromatic N) is 3. The van der Waals surface area contributed by atoms with Crippen molar-refractivity contribution in [1.82, 2.24) is 15.2 Å². The number of carbonyl (C=O) groups excluding carboxylic acids is 1. The number of benzene rings is 2. The molecule has 7 nitrogen and oxygen atoms in total. The van der Waals surface area contributed by atoms with Crippen molar-refractivity contribution in [1.29, 1.82) is 0 Å². The minimum atomic E-state index is -0.470. The topological polar surface area (TPSA) is 87.3 Å². The fourth-order valence-corrected chi connectivity index (χ4v) is 3.37. The van der Waals surface area contributed by atoms with Gasteiger partial charge >= 0.3 is 5.97 Å². The first kappa shape index (κ1) is 21.0. The monoisotopic (exact) mass is 459 g/mol. The number of carbonyl (C=O) groups is 1. The Morgan fingerprint density at radius 2 is 1.84 bits per heavy atom. The summed E-state index contributed by atoms with van der Waals surface area (Å²) in [5.41, 5.74) is 1.28. The molecular weight excluding hydrogens is 445 g/mol. The van der Waals surface area contributed by atoms with E-state index in [1.165, 1.54) is 35.6 Å². The van der Waals surface area contributed by atoms with E-state index < -0.39 is 5.97 Å². The molecule has 2 heterocycles. The van der Waals surface area contributed by atoms with Crippen molar-refractivity contribution < 1.29 is 23.1 Å². The standard InChI is InChI=1S/C21H15ClFN3O4S/c22-14-3-1-13(2-4-14)21-26-25-18(30-21)10-29-20(27)9-16-12-31-19(24-16)11-28-17-7-5-15(23)6-8-17/h1-8,12H,9-11H2. The highest BCUT2D eigenvalue weighted by atomic mass is 35.5. The molecule has 0 aliphatic heterocycles. The first-order chi connectivity index (χ1) is 15.0. The Morgan fingerprint density at radius 1 is 1.06 bits per heavy atom. The lowest BCUT2D eigenvalue weighted by atomic mass is 10.2. The van der Waals surface area contributed by atoms with Crippen molar-refractivity contribution in [3.05, 3.63) is 81.3 Å². The lowest BCUT2D eigenvalue weighted by molar-refractivity contribution is -0.144. The third-order valence-corrected chi connectivity index (χ3v) is 5.14. The van der Waals surface area contributed by atoms with E-state index >= 15 is 0 Å². The largest absolute Gasteiger partial charge is 0.486 e. The molecule has 0 aliphatic rings. The van der Waals surface area contributed by atoms with Gasteiger partial charge in [-0.1, -0.05) is 11.6 Å². The quantitative estimate of drug-likeness (QED) is 0.348. The van der Waals surface area contributed by atoms with Crippen molar-refractivity contribution in [3.63, 3.8) is 0 Å². The summed E-state index contributed by atoms with van der Waals surface area (Å²) >= 11 is 7.22. The van der Waals surface area contributed by atoms with Crippen molar-refractivity contribution >= 4 is 28.9 Å². The van der Waals surface area contributed by atoms with Crippen LogP contribution in [-0.4, -0.2) is 21.2 Å². The van der Waals surface area contributed by atoms with Crippen LogP contribution in [0.4, 0.5) is 4.39 Å². The zero-order valence-electron chi connectivity index (χ0n) is 16.0. The molecule has 158 valence electrons. The zero-order chi connectivity index (χ0) is 21.6. The molecule has 0 radical (unpaired) electrons. The van der Waals surface area contributed by atoms with Gasteiger partial charge in [-0.2, -0.15) is 0 Å². The van der Waals surface area contributed by atoms with E-state index in [0.717, 1.165) is 0 Å². The van der Waals surface area contributed by atoms with E-state index in [1.54, 1.807) is 29.6 Å². The van der Waals surface area contributed by atoms with Gasteiger partial charge < -0.3 is 13.9 Å². The summed E-state index contributed by atoms with van der Waals surface area (Å²) in [5, 5.41) is 10.9. The van der Waals surface area contributed by atoms with E-state index in [2.05, 4.69) is 15.2 Å². The molecule has 0 unspecified atom stereocenters. The number of ether oxygens (including phenoxy) is 2. The normalized spacial score (nSPS) is 10.8. The van der Waals surface area contributed by atoms with Crippen LogP contribution in [0.15, 0.2) is 58.3 Å². The van der Waals surface area contributed by atoms with Crippen molar-refractivity contribution in [2.24, 2.45) is 0 Å². The number of esters is 1. The maximum absolute atomic E-state index is 12.9. The molecule has 4 aromatic rings. The van der Waals surface area contributed by atoms with Crippen molar-refractivity contribution in [3.8, 4) is 17.2 Å². The van der Waals surface area contributed by atoms with E-state index in [-0.39, 0.29) is 31.3 Å². The lowest BCUT2D eigenvalue weighted by Gasteiger charge is -2.03. The Hall–Kier alpha value is -3.30. The molecule has 0 saturated heterocycles. The Labute approximate surface area is 185 Å². The maximum atomic E-state index is 12.9. The predicted octanol–water partition coefficient (Wildman–Crippen LogP) is 4.85. The van der Waals surface area contributed by atoms with E-state index in [0.29, 0.717) is 32.9 Å². The summed E-state index contributed by atoms with van der Waals surface area (Å²) in [6.07, 6.45) is 0.00519. The Morgan fingerprint density at radius 3 is 2.61 bits per heavy atom. The van der Waals surface area contributed by atoms with Crippen LogP contribution in [0.25, 0.3) is 11.5 Å². The second-order valence-electron chi connectivity index (χ2n) is 6.32. The molecular formula is C21H15ClFN3O4S. The van der Waals surface area contributed by atoms with Gasteiger partial charge in [0, 0.05) is 16.0 Å². The number of hydrogen-bond acceptors (Lipinski definition) is 8. The fourth-order valence-electron chi connectivity index (χ4n) is 2.53.